The number of amides is 1. The maximum absolute atomic E-state index is 12.7. The highest BCUT2D eigenvalue weighted by atomic mass is 16.3. The smallest absolute Gasteiger partial charge is 0.270 e. The first-order chi connectivity index (χ1) is 12.3. The van der Waals surface area contributed by atoms with Gasteiger partial charge >= 0.3 is 0 Å². The molecule has 0 unspecified atom stereocenters. The van der Waals surface area contributed by atoms with Gasteiger partial charge in [-0.1, -0.05) is 43.7 Å². The monoisotopic (exact) mass is 337 g/mol. The number of aromatic nitrogens is 4. The first-order valence-electron chi connectivity index (χ1n) is 8.17. The predicted octanol–water partition coefficient (Wildman–Crippen LogP) is 2.85. The minimum Gasteiger partial charge on any atom is -0.465 e. The van der Waals surface area contributed by atoms with E-state index in [1.165, 1.54) is 4.68 Å². The number of furan rings is 1. The molecule has 0 aliphatic heterocycles. The van der Waals surface area contributed by atoms with Gasteiger partial charge in [0.25, 0.3) is 5.91 Å². The van der Waals surface area contributed by atoms with Crippen LogP contribution in [-0.2, 0) is 4.79 Å². The van der Waals surface area contributed by atoms with Crippen molar-refractivity contribution in [1.29, 1.82) is 0 Å². The van der Waals surface area contributed by atoms with Gasteiger partial charge in [0.1, 0.15) is 11.5 Å². The van der Waals surface area contributed by atoms with Gasteiger partial charge in [-0.3, -0.25) is 4.79 Å². The zero-order valence-corrected chi connectivity index (χ0v) is 13.9. The second-order valence-electron chi connectivity index (χ2n) is 5.43. The Balaban J connectivity index is 1.98. The van der Waals surface area contributed by atoms with Crippen LogP contribution in [0.1, 0.15) is 25.5 Å². The lowest BCUT2D eigenvalue weighted by molar-refractivity contribution is -0.116. The largest absolute Gasteiger partial charge is 0.465 e. The van der Waals surface area contributed by atoms with Gasteiger partial charge < -0.3 is 9.73 Å². The molecule has 1 amide bonds. The van der Waals surface area contributed by atoms with Crippen molar-refractivity contribution in [2.45, 2.75) is 19.8 Å². The highest BCUT2D eigenvalue weighted by Gasteiger charge is 2.19. The number of carbonyl (C=O) groups is 1. The van der Waals surface area contributed by atoms with Gasteiger partial charge in [-0.25, -0.2) is 0 Å². The van der Waals surface area contributed by atoms with E-state index < -0.39 is 0 Å². The van der Waals surface area contributed by atoms with Crippen molar-refractivity contribution < 1.29 is 9.21 Å². The summed E-state index contributed by atoms with van der Waals surface area (Å²) in [6.45, 7) is 2.66. The van der Waals surface area contributed by atoms with E-state index in [-0.39, 0.29) is 5.91 Å². The average molecular weight is 337 g/mol. The standard InChI is InChI=1S/C18H19N5O2/c1-2-3-11-19-18(24)16(13-15-10-7-12-25-15)23-17(20-21-22-23)14-8-5-4-6-9-14/h4-10,12-13H,2-3,11H2,1H3,(H,19,24)/b16-13+. The zero-order chi connectivity index (χ0) is 17.5. The Labute approximate surface area is 145 Å². The number of tetrazole rings is 1. The molecule has 0 spiro atoms. The fraction of sp³-hybridized carbons (Fsp3) is 0.222. The number of hydrogen-bond acceptors (Lipinski definition) is 5. The molecule has 128 valence electrons. The zero-order valence-electron chi connectivity index (χ0n) is 13.9. The molecule has 7 nitrogen and oxygen atoms in total. The minimum atomic E-state index is -0.255. The summed E-state index contributed by atoms with van der Waals surface area (Å²) in [6.07, 6.45) is 5.08. The molecular formula is C18H19N5O2. The van der Waals surface area contributed by atoms with E-state index in [0.717, 1.165) is 18.4 Å². The van der Waals surface area contributed by atoms with Crippen molar-refractivity contribution in [2.24, 2.45) is 0 Å². The second-order valence-corrected chi connectivity index (χ2v) is 5.43. The molecule has 25 heavy (non-hydrogen) atoms. The number of rotatable bonds is 7. The number of nitrogens with one attached hydrogen (secondary N) is 1. The topological polar surface area (TPSA) is 85.8 Å². The van der Waals surface area contributed by atoms with E-state index in [4.69, 9.17) is 4.42 Å². The van der Waals surface area contributed by atoms with Crippen LogP contribution in [0.3, 0.4) is 0 Å². The molecule has 0 saturated carbocycles. The van der Waals surface area contributed by atoms with Crippen molar-refractivity contribution in [1.82, 2.24) is 25.5 Å². The molecule has 0 radical (unpaired) electrons. The number of benzene rings is 1. The molecule has 2 heterocycles. The highest BCUT2D eigenvalue weighted by molar-refractivity contribution is 6.18. The Morgan fingerprint density at radius 1 is 1.24 bits per heavy atom. The van der Waals surface area contributed by atoms with E-state index in [0.29, 0.717) is 23.8 Å². The Morgan fingerprint density at radius 3 is 2.80 bits per heavy atom. The summed E-state index contributed by atoms with van der Waals surface area (Å²) in [5, 5.41) is 14.7. The summed E-state index contributed by atoms with van der Waals surface area (Å²) in [5.41, 5.74) is 1.12. The molecule has 0 atom stereocenters. The van der Waals surface area contributed by atoms with Gasteiger partial charge in [0, 0.05) is 18.2 Å². The van der Waals surface area contributed by atoms with Crippen LogP contribution in [0, 0.1) is 0 Å². The molecule has 3 rings (SSSR count). The third-order valence-electron chi connectivity index (χ3n) is 3.60. The lowest BCUT2D eigenvalue weighted by Gasteiger charge is -2.10. The molecule has 7 heteroatoms. The summed E-state index contributed by atoms with van der Waals surface area (Å²) in [5.74, 6) is 0.786. The molecule has 3 aromatic rings. The Bertz CT molecular complexity index is 838. The van der Waals surface area contributed by atoms with Crippen LogP contribution in [0.5, 0.6) is 0 Å². The molecule has 0 aliphatic rings. The Kier molecular flexibility index (Phi) is 5.36. The lowest BCUT2D eigenvalue weighted by atomic mass is 10.2. The van der Waals surface area contributed by atoms with Gasteiger partial charge in [0.2, 0.25) is 0 Å². The average Bonchev–Trinajstić information content (AvgIpc) is 3.32. The van der Waals surface area contributed by atoms with Crippen molar-refractivity contribution in [3.05, 3.63) is 54.5 Å². The van der Waals surface area contributed by atoms with E-state index in [2.05, 4.69) is 27.8 Å². The van der Waals surface area contributed by atoms with Crippen LogP contribution in [0.2, 0.25) is 0 Å². The van der Waals surface area contributed by atoms with Crippen LogP contribution >= 0.6 is 0 Å². The van der Waals surface area contributed by atoms with E-state index in [1.807, 2.05) is 30.3 Å². The number of hydrogen-bond donors (Lipinski definition) is 1. The van der Waals surface area contributed by atoms with Crippen molar-refractivity contribution in [3.8, 4) is 11.4 Å². The second kappa shape index (κ2) is 8.05. The quantitative estimate of drug-likeness (QED) is 0.529. The molecule has 0 saturated heterocycles. The third kappa shape index (κ3) is 4.00. The summed E-state index contributed by atoms with van der Waals surface area (Å²) >= 11 is 0. The van der Waals surface area contributed by atoms with E-state index in [1.54, 1.807) is 24.5 Å². The first-order valence-corrected chi connectivity index (χ1v) is 8.17. The van der Waals surface area contributed by atoms with Crippen LogP contribution in [-0.4, -0.2) is 32.7 Å². The minimum absolute atomic E-state index is 0.255. The Hall–Kier alpha value is -3.22. The Morgan fingerprint density at radius 2 is 2.08 bits per heavy atom. The first kappa shape index (κ1) is 16.6. The number of carbonyl (C=O) groups excluding carboxylic acids is 1. The van der Waals surface area contributed by atoms with Crippen molar-refractivity contribution in [2.75, 3.05) is 6.54 Å². The van der Waals surface area contributed by atoms with E-state index >= 15 is 0 Å². The van der Waals surface area contributed by atoms with Gasteiger partial charge in [-0.05, 0) is 29.0 Å². The number of unbranched alkanes of at least 4 members (excludes halogenated alkanes) is 1. The van der Waals surface area contributed by atoms with Crippen LogP contribution < -0.4 is 5.32 Å². The highest BCUT2D eigenvalue weighted by Crippen LogP contribution is 2.20. The van der Waals surface area contributed by atoms with Crippen molar-refractivity contribution >= 4 is 17.7 Å². The number of nitrogens with zero attached hydrogens (tertiary/aromatic N) is 4. The van der Waals surface area contributed by atoms with Gasteiger partial charge in [0.15, 0.2) is 5.82 Å². The predicted molar refractivity (Wildman–Crippen MR) is 94.0 cm³/mol. The SMILES string of the molecule is CCCCNC(=O)/C(=C\c1ccco1)n1nnnc1-c1ccccc1. The van der Waals surface area contributed by atoms with Gasteiger partial charge in [-0.15, -0.1) is 5.10 Å². The summed E-state index contributed by atoms with van der Waals surface area (Å²) in [6, 6.07) is 13.0. The van der Waals surface area contributed by atoms with Crippen LogP contribution in [0.4, 0.5) is 0 Å². The molecule has 0 aliphatic carbocycles. The van der Waals surface area contributed by atoms with Crippen LogP contribution in [0.15, 0.2) is 53.1 Å². The third-order valence-corrected chi connectivity index (χ3v) is 3.60. The maximum Gasteiger partial charge on any atom is 0.270 e. The molecule has 2 aromatic heterocycles. The molecule has 1 N–H and O–H groups in total. The summed E-state index contributed by atoms with van der Waals surface area (Å²) in [4.78, 5) is 12.7. The fourth-order valence-corrected chi connectivity index (χ4v) is 2.32. The van der Waals surface area contributed by atoms with Crippen molar-refractivity contribution in [3.63, 3.8) is 0 Å². The maximum atomic E-state index is 12.7. The van der Waals surface area contributed by atoms with E-state index in [9.17, 15) is 4.79 Å². The molecule has 0 fully saturated rings. The molecular weight excluding hydrogens is 318 g/mol. The normalized spacial score (nSPS) is 11.5. The van der Waals surface area contributed by atoms with Gasteiger partial charge in [-0.2, -0.15) is 4.68 Å². The van der Waals surface area contributed by atoms with Gasteiger partial charge in [0.05, 0.1) is 6.26 Å². The lowest BCUT2D eigenvalue weighted by Crippen LogP contribution is -2.28. The molecule has 1 aromatic carbocycles. The summed E-state index contributed by atoms with van der Waals surface area (Å²) < 4.78 is 6.77. The fourth-order valence-electron chi connectivity index (χ4n) is 2.32. The summed E-state index contributed by atoms with van der Waals surface area (Å²) in [7, 11) is 0. The molecule has 0 bridgehead atoms. The van der Waals surface area contributed by atoms with Crippen LogP contribution in [0.25, 0.3) is 23.2 Å².